The van der Waals surface area contributed by atoms with Crippen LogP contribution in [0.2, 0.25) is 0 Å². The standard InChI is InChI=1S/C13H12N3.C5H5.Fe/c1-10(11-6-2-3-7-11)16-13-9-5-4-8-12(13)14-15-16;1-2-4-5-3-1;/h2-10H,1H3;1-5H;/q;;+2. The monoisotopic (exact) mass is 331 g/mol. The van der Waals surface area contributed by atoms with Gasteiger partial charge in [0.1, 0.15) is 5.52 Å². The zero-order chi connectivity index (χ0) is 14.5. The normalized spacial score (nSPS) is 19.5. The molecule has 1 unspecified atom stereocenters. The van der Waals surface area contributed by atoms with Crippen molar-refractivity contribution in [1.29, 1.82) is 0 Å². The fraction of sp³-hybridized carbons (Fsp3) is 0.111. The molecule has 1 heterocycles. The summed E-state index contributed by atoms with van der Waals surface area (Å²) in [5.41, 5.74) is 2.03. The van der Waals surface area contributed by atoms with Gasteiger partial charge in [0.15, 0.2) is 0 Å². The first-order chi connectivity index (χ1) is 10.4. The third-order valence-electron chi connectivity index (χ3n) is 3.47. The van der Waals surface area contributed by atoms with Crippen LogP contribution in [0.1, 0.15) is 13.0 Å². The second-order valence-corrected chi connectivity index (χ2v) is 4.88. The topological polar surface area (TPSA) is 30.7 Å². The molecule has 1 atom stereocenters. The fourth-order valence-corrected chi connectivity index (χ4v) is 2.30. The number of aromatic nitrogens is 3. The zero-order valence-corrected chi connectivity index (χ0v) is 13.4. The maximum absolute atomic E-state index is 4.22. The third kappa shape index (κ3) is 4.11. The van der Waals surface area contributed by atoms with E-state index in [0.717, 1.165) is 11.0 Å². The molecule has 110 valence electrons. The molecule has 0 spiro atoms. The summed E-state index contributed by atoms with van der Waals surface area (Å²) < 4.78 is 1.96. The van der Waals surface area contributed by atoms with Crippen LogP contribution in [0.25, 0.3) is 11.0 Å². The Morgan fingerprint density at radius 3 is 2.09 bits per heavy atom. The van der Waals surface area contributed by atoms with Crippen LogP contribution in [0.5, 0.6) is 0 Å². The molecule has 1 aromatic heterocycles. The van der Waals surface area contributed by atoms with E-state index in [4.69, 9.17) is 0 Å². The molecule has 2 saturated carbocycles. The quantitative estimate of drug-likeness (QED) is 0.790. The Morgan fingerprint density at radius 2 is 1.45 bits per heavy atom. The van der Waals surface area contributed by atoms with Crippen molar-refractivity contribution in [3.63, 3.8) is 0 Å². The predicted octanol–water partition coefficient (Wildman–Crippen LogP) is 3.42. The van der Waals surface area contributed by atoms with Gasteiger partial charge in [-0.25, -0.2) is 4.68 Å². The van der Waals surface area contributed by atoms with Crippen molar-refractivity contribution in [3.8, 4) is 0 Å². The molecule has 0 saturated heterocycles. The molecule has 4 rings (SSSR count). The first kappa shape index (κ1) is 17.5. The third-order valence-corrected chi connectivity index (χ3v) is 3.47. The van der Waals surface area contributed by atoms with Crippen molar-refractivity contribution in [2.24, 2.45) is 0 Å². The van der Waals surface area contributed by atoms with E-state index in [-0.39, 0.29) is 23.1 Å². The Hall–Kier alpha value is -0.861. The van der Waals surface area contributed by atoms with Crippen LogP contribution in [0.3, 0.4) is 0 Å². The summed E-state index contributed by atoms with van der Waals surface area (Å²) >= 11 is 0. The van der Waals surface area contributed by atoms with Gasteiger partial charge in [-0.05, 0) is 76.8 Å². The Bertz CT molecular complexity index is 549. The van der Waals surface area contributed by atoms with Crippen molar-refractivity contribution in [2.45, 2.75) is 13.0 Å². The van der Waals surface area contributed by atoms with Gasteiger partial charge < -0.3 is 0 Å². The van der Waals surface area contributed by atoms with Crippen molar-refractivity contribution < 1.29 is 17.1 Å². The number of fused-ring (bicyclic) bond motifs is 1. The minimum Gasteiger partial charge on any atom is -0.241 e. The van der Waals surface area contributed by atoms with Crippen LogP contribution in [0.4, 0.5) is 0 Å². The largest absolute Gasteiger partial charge is 2.00 e. The zero-order valence-electron chi connectivity index (χ0n) is 12.3. The molecule has 3 nitrogen and oxygen atoms in total. The Labute approximate surface area is 144 Å². The van der Waals surface area contributed by atoms with Crippen molar-refractivity contribution >= 4 is 11.0 Å². The molecule has 2 aliphatic carbocycles. The van der Waals surface area contributed by atoms with E-state index < -0.39 is 0 Å². The predicted molar refractivity (Wildman–Crippen MR) is 84.2 cm³/mol. The number of hydrogen-bond donors (Lipinski definition) is 0. The average Bonchev–Trinajstić information content (AvgIpc) is 3.28. The van der Waals surface area contributed by atoms with E-state index in [2.05, 4.69) is 36.1 Å². The van der Waals surface area contributed by atoms with Gasteiger partial charge in [0.25, 0.3) is 0 Å². The van der Waals surface area contributed by atoms with Crippen molar-refractivity contribution in [3.05, 3.63) is 88.0 Å². The summed E-state index contributed by atoms with van der Waals surface area (Å²) in [5, 5.41) is 8.38. The molecule has 0 N–H and O–H groups in total. The van der Waals surface area contributed by atoms with Gasteiger partial charge in [0.2, 0.25) is 0 Å². The van der Waals surface area contributed by atoms with Crippen LogP contribution in [0.15, 0.2) is 24.3 Å². The molecule has 10 radical (unpaired) electrons. The van der Waals surface area contributed by atoms with E-state index >= 15 is 0 Å². The molecule has 2 aromatic rings. The molecular weight excluding hydrogens is 314 g/mol. The van der Waals surface area contributed by atoms with Crippen LogP contribution < -0.4 is 0 Å². The van der Waals surface area contributed by atoms with Gasteiger partial charge in [-0.1, -0.05) is 17.3 Å². The van der Waals surface area contributed by atoms with E-state index in [9.17, 15) is 0 Å². The van der Waals surface area contributed by atoms with E-state index in [1.807, 2.05) is 67.8 Å². The van der Waals surface area contributed by atoms with E-state index in [1.54, 1.807) is 0 Å². The van der Waals surface area contributed by atoms with Gasteiger partial charge in [-0.15, -0.1) is 5.10 Å². The maximum Gasteiger partial charge on any atom is 2.00 e. The fourth-order valence-electron chi connectivity index (χ4n) is 2.30. The molecular formula is C18H17FeN3+2. The first-order valence-electron chi connectivity index (χ1n) is 7.04. The molecule has 1 aromatic carbocycles. The molecule has 0 amide bonds. The Balaban J connectivity index is 0.000000253. The SMILES string of the molecule is CC([C]1[CH][CH][CH][CH]1)n1nnc2ccccc21.[CH]1[CH][CH][CH][CH]1.[Fe+2]. The van der Waals surface area contributed by atoms with Crippen LogP contribution >= 0.6 is 0 Å². The number of rotatable bonds is 2. The van der Waals surface area contributed by atoms with Crippen LogP contribution in [-0.4, -0.2) is 15.0 Å². The summed E-state index contributed by atoms with van der Waals surface area (Å²) in [6, 6.07) is 8.25. The number of hydrogen-bond acceptors (Lipinski definition) is 2. The van der Waals surface area contributed by atoms with Gasteiger partial charge in [0.05, 0.1) is 11.6 Å². The Morgan fingerprint density at radius 1 is 0.864 bits per heavy atom. The second-order valence-electron chi connectivity index (χ2n) is 4.88. The summed E-state index contributed by atoms with van der Waals surface area (Å²) in [6.45, 7) is 2.14. The number of para-hydroxylation sites is 1. The van der Waals surface area contributed by atoms with Gasteiger partial charge >= 0.3 is 17.1 Å². The molecule has 22 heavy (non-hydrogen) atoms. The minimum absolute atomic E-state index is 0. The van der Waals surface area contributed by atoms with E-state index in [0.29, 0.717) is 0 Å². The summed E-state index contributed by atoms with van der Waals surface area (Å²) in [4.78, 5) is 0. The Kier molecular flexibility index (Phi) is 6.91. The first-order valence-corrected chi connectivity index (χ1v) is 7.04. The summed E-state index contributed by atoms with van der Waals surface area (Å²) in [7, 11) is 0. The number of benzene rings is 1. The van der Waals surface area contributed by atoms with Crippen molar-refractivity contribution in [2.75, 3.05) is 0 Å². The van der Waals surface area contributed by atoms with Gasteiger partial charge in [0, 0.05) is 5.92 Å². The molecule has 0 aliphatic heterocycles. The molecule has 0 bridgehead atoms. The molecule has 4 heteroatoms. The second kappa shape index (κ2) is 8.69. The van der Waals surface area contributed by atoms with Gasteiger partial charge in [-0.2, -0.15) is 0 Å². The maximum atomic E-state index is 4.22. The number of nitrogens with zero attached hydrogens (tertiary/aromatic N) is 3. The summed E-state index contributed by atoms with van der Waals surface area (Å²) in [5.74, 6) is 1.26. The van der Waals surface area contributed by atoms with Crippen molar-refractivity contribution in [1.82, 2.24) is 15.0 Å². The van der Waals surface area contributed by atoms with Gasteiger partial charge in [-0.3, -0.25) is 0 Å². The van der Waals surface area contributed by atoms with E-state index in [1.165, 1.54) is 5.92 Å². The van der Waals surface area contributed by atoms with Crippen LogP contribution in [0, 0.1) is 63.7 Å². The summed E-state index contributed by atoms with van der Waals surface area (Å²) in [6.07, 6.45) is 18.3. The minimum atomic E-state index is 0. The molecule has 2 aliphatic rings. The average molecular weight is 331 g/mol. The smallest absolute Gasteiger partial charge is 0.241 e. The van der Waals surface area contributed by atoms with Crippen LogP contribution in [-0.2, 0) is 17.1 Å². The molecule has 2 fully saturated rings.